The Labute approximate surface area is 125 Å². The number of nitrogens with zero attached hydrogens (tertiary/aromatic N) is 1. The summed E-state index contributed by atoms with van der Waals surface area (Å²) in [5, 5.41) is 18.2. The zero-order valence-electron chi connectivity index (χ0n) is 13.2. The fourth-order valence-corrected chi connectivity index (χ4v) is 2.34. The number of H-pyrrole nitrogens is 1. The second kappa shape index (κ2) is 7.24. The minimum absolute atomic E-state index is 0.0196. The fourth-order valence-electron chi connectivity index (χ4n) is 2.34. The summed E-state index contributed by atoms with van der Waals surface area (Å²) >= 11 is 0. The lowest BCUT2D eigenvalue weighted by molar-refractivity contribution is -0.137. The van der Waals surface area contributed by atoms with E-state index >= 15 is 0 Å². The van der Waals surface area contributed by atoms with Crippen molar-refractivity contribution >= 4 is 11.9 Å². The number of carbonyl (C=O) groups excluding carboxylic acids is 1. The second-order valence-corrected chi connectivity index (χ2v) is 6.45. The van der Waals surface area contributed by atoms with E-state index in [0.29, 0.717) is 18.5 Å². The molecular formula is C15H25N3O3. The number of aliphatic carboxylic acids is 1. The summed E-state index contributed by atoms with van der Waals surface area (Å²) in [5.41, 5.74) is 1.31. The van der Waals surface area contributed by atoms with Crippen LogP contribution in [-0.2, 0) is 4.79 Å². The highest BCUT2D eigenvalue weighted by Crippen LogP contribution is 2.32. The Hall–Kier alpha value is -1.85. The van der Waals surface area contributed by atoms with E-state index < -0.39 is 5.97 Å². The number of nitrogens with one attached hydrogen (secondary N) is 2. The number of carboxylic acid groups (broad SMARTS) is 1. The molecule has 0 fully saturated rings. The number of aromatic amines is 1. The lowest BCUT2D eigenvalue weighted by atomic mass is 9.76. The highest BCUT2D eigenvalue weighted by Gasteiger charge is 2.25. The van der Waals surface area contributed by atoms with E-state index in [4.69, 9.17) is 5.11 Å². The SMILES string of the molecule is Cc1[nH]ncc1C(=O)NCCC(CCC(=O)O)C(C)(C)C. The summed E-state index contributed by atoms with van der Waals surface area (Å²) in [6, 6.07) is 0. The molecule has 6 heteroatoms. The van der Waals surface area contributed by atoms with Crippen LogP contribution in [0.25, 0.3) is 0 Å². The normalized spacial score (nSPS) is 13.0. The number of rotatable bonds is 7. The number of carboxylic acids is 1. The lowest BCUT2D eigenvalue weighted by Gasteiger charge is -2.30. The van der Waals surface area contributed by atoms with Gasteiger partial charge in [-0.2, -0.15) is 5.10 Å². The standard InChI is InChI=1S/C15H25N3O3/c1-10-12(9-17-18-10)14(21)16-8-7-11(15(2,3)4)5-6-13(19)20/h9,11H,5-8H2,1-4H3,(H,16,21)(H,17,18)(H,19,20). The summed E-state index contributed by atoms with van der Waals surface area (Å²) in [4.78, 5) is 22.7. The van der Waals surface area contributed by atoms with Gasteiger partial charge in [-0.3, -0.25) is 14.7 Å². The molecule has 0 aromatic carbocycles. The Balaban J connectivity index is 2.48. The Morgan fingerprint density at radius 2 is 2.05 bits per heavy atom. The maximum Gasteiger partial charge on any atom is 0.303 e. The number of hydrogen-bond donors (Lipinski definition) is 3. The van der Waals surface area contributed by atoms with Crippen LogP contribution >= 0.6 is 0 Å². The molecule has 0 aliphatic heterocycles. The van der Waals surface area contributed by atoms with Gasteiger partial charge in [-0.1, -0.05) is 20.8 Å². The topological polar surface area (TPSA) is 95.1 Å². The van der Waals surface area contributed by atoms with E-state index in [9.17, 15) is 9.59 Å². The van der Waals surface area contributed by atoms with E-state index in [1.807, 2.05) is 0 Å². The van der Waals surface area contributed by atoms with Crippen molar-refractivity contribution in [1.82, 2.24) is 15.5 Å². The van der Waals surface area contributed by atoms with E-state index in [0.717, 1.165) is 12.1 Å². The molecule has 0 saturated heterocycles. The average Bonchev–Trinajstić information content (AvgIpc) is 2.77. The molecule has 1 rings (SSSR count). The molecule has 1 aromatic heterocycles. The minimum atomic E-state index is -0.776. The molecule has 0 spiro atoms. The third-order valence-electron chi connectivity index (χ3n) is 3.78. The predicted octanol–water partition coefficient (Wildman–Crippen LogP) is 2.37. The molecule has 0 bridgehead atoms. The molecular weight excluding hydrogens is 270 g/mol. The Kier molecular flexibility index (Phi) is 5.93. The summed E-state index contributed by atoms with van der Waals surface area (Å²) < 4.78 is 0. The maximum absolute atomic E-state index is 12.0. The van der Waals surface area contributed by atoms with E-state index in [1.165, 1.54) is 6.20 Å². The van der Waals surface area contributed by atoms with Crippen molar-refractivity contribution in [3.05, 3.63) is 17.5 Å². The van der Waals surface area contributed by atoms with Crippen LogP contribution in [-0.4, -0.2) is 33.7 Å². The van der Waals surface area contributed by atoms with Crippen molar-refractivity contribution < 1.29 is 14.7 Å². The molecule has 1 atom stereocenters. The van der Waals surface area contributed by atoms with Crippen molar-refractivity contribution in [3.63, 3.8) is 0 Å². The van der Waals surface area contributed by atoms with Crippen molar-refractivity contribution in [3.8, 4) is 0 Å². The smallest absolute Gasteiger partial charge is 0.303 e. The maximum atomic E-state index is 12.0. The van der Waals surface area contributed by atoms with Crippen LogP contribution in [0.4, 0.5) is 0 Å². The van der Waals surface area contributed by atoms with Gasteiger partial charge < -0.3 is 10.4 Å². The zero-order valence-corrected chi connectivity index (χ0v) is 13.2. The van der Waals surface area contributed by atoms with Gasteiger partial charge in [-0.15, -0.1) is 0 Å². The van der Waals surface area contributed by atoms with Crippen LogP contribution in [0, 0.1) is 18.3 Å². The van der Waals surface area contributed by atoms with Crippen molar-refractivity contribution in [1.29, 1.82) is 0 Å². The zero-order chi connectivity index (χ0) is 16.0. The summed E-state index contributed by atoms with van der Waals surface area (Å²) in [7, 11) is 0. The Morgan fingerprint density at radius 3 is 2.52 bits per heavy atom. The highest BCUT2D eigenvalue weighted by molar-refractivity contribution is 5.94. The average molecular weight is 295 g/mol. The van der Waals surface area contributed by atoms with E-state index in [2.05, 4.69) is 36.3 Å². The van der Waals surface area contributed by atoms with E-state index in [-0.39, 0.29) is 23.7 Å². The quantitative estimate of drug-likeness (QED) is 0.719. The Morgan fingerprint density at radius 1 is 1.38 bits per heavy atom. The third kappa shape index (κ3) is 5.57. The molecule has 1 unspecified atom stereocenters. The first-order valence-electron chi connectivity index (χ1n) is 7.21. The van der Waals surface area contributed by atoms with Crippen LogP contribution in [0.2, 0.25) is 0 Å². The van der Waals surface area contributed by atoms with Crippen molar-refractivity contribution in [2.24, 2.45) is 11.3 Å². The molecule has 118 valence electrons. The summed E-state index contributed by atoms with van der Waals surface area (Å²) in [6.07, 6.45) is 3.06. The summed E-state index contributed by atoms with van der Waals surface area (Å²) in [6.45, 7) is 8.63. The van der Waals surface area contributed by atoms with Crippen molar-refractivity contribution in [2.45, 2.75) is 47.0 Å². The molecule has 0 saturated carbocycles. The number of aromatic nitrogens is 2. The Bertz CT molecular complexity index is 489. The molecule has 21 heavy (non-hydrogen) atoms. The van der Waals surface area contributed by atoms with Gasteiger partial charge in [0.1, 0.15) is 0 Å². The van der Waals surface area contributed by atoms with Gasteiger partial charge in [0.25, 0.3) is 5.91 Å². The van der Waals surface area contributed by atoms with Crippen LogP contribution in [0.5, 0.6) is 0 Å². The first-order chi connectivity index (χ1) is 9.71. The third-order valence-corrected chi connectivity index (χ3v) is 3.78. The minimum Gasteiger partial charge on any atom is -0.481 e. The van der Waals surface area contributed by atoms with Crippen LogP contribution in [0.3, 0.4) is 0 Å². The molecule has 3 N–H and O–H groups in total. The monoisotopic (exact) mass is 295 g/mol. The number of hydrogen-bond acceptors (Lipinski definition) is 3. The number of carbonyl (C=O) groups is 2. The second-order valence-electron chi connectivity index (χ2n) is 6.45. The lowest BCUT2D eigenvalue weighted by Crippen LogP contribution is -2.30. The summed E-state index contributed by atoms with van der Waals surface area (Å²) in [5.74, 6) is -0.672. The van der Waals surface area contributed by atoms with Gasteiger partial charge in [0, 0.05) is 18.7 Å². The van der Waals surface area contributed by atoms with Gasteiger partial charge in [0.05, 0.1) is 11.8 Å². The van der Waals surface area contributed by atoms with Crippen LogP contribution in [0.15, 0.2) is 6.20 Å². The van der Waals surface area contributed by atoms with Crippen LogP contribution in [0.1, 0.15) is 56.1 Å². The largest absolute Gasteiger partial charge is 0.481 e. The number of aryl methyl sites for hydroxylation is 1. The molecule has 0 radical (unpaired) electrons. The first-order valence-corrected chi connectivity index (χ1v) is 7.21. The number of amides is 1. The molecule has 1 heterocycles. The van der Waals surface area contributed by atoms with Gasteiger partial charge in [-0.05, 0) is 31.1 Å². The molecule has 1 aromatic rings. The highest BCUT2D eigenvalue weighted by atomic mass is 16.4. The van der Waals surface area contributed by atoms with Gasteiger partial charge in [0.2, 0.25) is 0 Å². The predicted molar refractivity (Wildman–Crippen MR) is 80.1 cm³/mol. The van der Waals surface area contributed by atoms with E-state index in [1.54, 1.807) is 6.92 Å². The molecule has 0 aliphatic rings. The first kappa shape index (κ1) is 17.2. The molecule has 1 amide bonds. The van der Waals surface area contributed by atoms with Gasteiger partial charge in [0.15, 0.2) is 0 Å². The van der Waals surface area contributed by atoms with Gasteiger partial charge >= 0.3 is 5.97 Å². The van der Waals surface area contributed by atoms with Crippen molar-refractivity contribution in [2.75, 3.05) is 6.54 Å². The fraction of sp³-hybridized carbons (Fsp3) is 0.667. The molecule has 0 aliphatic carbocycles. The van der Waals surface area contributed by atoms with Crippen LogP contribution < -0.4 is 5.32 Å². The van der Waals surface area contributed by atoms with Gasteiger partial charge in [-0.25, -0.2) is 0 Å². The molecule has 6 nitrogen and oxygen atoms in total.